The molecule has 0 aliphatic carbocycles. The van der Waals surface area contributed by atoms with Gasteiger partial charge >= 0.3 is 0 Å². The van der Waals surface area contributed by atoms with Crippen molar-refractivity contribution in [3.05, 3.63) is 11.8 Å². The molecule has 0 radical (unpaired) electrons. The Bertz CT molecular complexity index is 380. The number of aromatic nitrogens is 2. The van der Waals surface area contributed by atoms with Crippen molar-refractivity contribution in [2.75, 3.05) is 18.4 Å². The first-order chi connectivity index (χ1) is 8.16. The monoisotopic (exact) mass is 236 g/mol. The summed E-state index contributed by atoms with van der Waals surface area (Å²) in [5.41, 5.74) is 1.04. The highest BCUT2D eigenvalue weighted by atomic mass is 16.2. The van der Waals surface area contributed by atoms with Gasteiger partial charge in [0.2, 0.25) is 5.91 Å². The van der Waals surface area contributed by atoms with Crippen LogP contribution in [0.2, 0.25) is 0 Å². The number of carbonyl (C=O) groups is 1. The van der Waals surface area contributed by atoms with Crippen LogP contribution >= 0.6 is 0 Å². The van der Waals surface area contributed by atoms with Gasteiger partial charge in [-0.15, -0.1) is 0 Å². The molecule has 1 aromatic rings. The lowest BCUT2D eigenvalue weighted by atomic mass is 9.99. The molecule has 1 saturated heterocycles. The zero-order chi connectivity index (χ0) is 12.3. The van der Waals surface area contributed by atoms with Crippen LogP contribution in [0.1, 0.15) is 38.3 Å². The van der Waals surface area contributed by atoms with Crippen molar-refractivity contribution < 1.29 is 4.79 Å². The number of H-pyrrole nitrogens is 1. The molecule has 0 bridgehead atoms. The number of hydrogen-bond acceptors (Lipinski definition) is 3. The average Bonchev–Trinajstić information content (AvgIpc) is 2.79. The summed E-state index contributed by atoms with van der Waals surface area (Å²) >= 11 is 0. The predicted molar refractivity (Wildman–Crippen MR) is 66.9 cm³/mol. The standard InChI is InChI=1S/C12H20N4O/c1-8(2)10-6-11(16-15-10)14-12(17)9-4-3-5-13-7-9/h6,8-9,13H,3-5,7H2,1-2H3,(H2,14,15,16,17)/t9-/m1/s1. The second-order valence-electron chi connectivity index (χ2n) is 4.90. The van der Waals surface area contributed by atoms with Crippen LogP contribution in [-0.4, -0.2) is 29.2 Å². The van der Waals surface area contributed by atoms with Gasteiger partial charge in [0.15, 0.2) is 5.82 Å². The third-order valence-corrected chi connectivity index (χ3v) is 3.14. The Morgan fingerprint density at radius 3 is 3.00 bits per heavy atom. The zero-order valence-corrected chi connectivity index (χ0v) is 10.4. The summed E-state index contributed by atoms with van der Waals surface area (Å²) in [5.74, 6) is 1.16. The zero-order valence-electron chi connectivity index (χ0n) is 10.4. The second kappa shape index (κ2) is 5.31. The fourth-order valence-electron chi connectivity index (χ4n) is 2.00. The summed E-state index contributed by atoms with van der Waals surface area (Å²) in [7, 11) is 0. The molecule has 17 heavy (non-hydrogen) atoms. The first-order valence-electron chi connectivity index (χ1n) is 6.23. The van der Waals surface area contributed by atoms with Crippen LogP contribution < -0.4 is 10.6 Å². The second-order valence-corrected chi connectivity index (χ2v) is 4.90. The van der Waals surface area contributed by atoms with Gasteiger partial charge in [-0.2, -0.15) is 5.10 Å². The lowest BCUT2D eigenvalue weighted by Crippen LogP contribution is -2.37. The Labute approximate surface area is 101 Å². The molecule has 1 amide bonds. The van der Waals surface area contributed by atoms with Crippen LogP contribution in [0.4, 0.5) is 5.82 Å². The number of anilines is 1. The van der Waals surface area contributed by atoms with E-state index in [1.165, 1.54) is 0 Å². The van der Waals surface area contributed by atoms with Crippen LogP contribution in [0.5, 0.6) is 0 Å². The average molecular weight is 236 g/mol. The first kappa shape index (κ1) is 12.1. The van der Waals surface area contributed by atoms with E-state index in [4.69, 9.17) is 0 Å². The van der Waals surface area contributed by atoms with Crippen molar-refractivity contribution in [1.29, 1.82) is 0 Å². The molecule has 0 aromatic carbocycles. The van der Waals surface area contributed by atoms with E-state index >= 15 is 0 Å². The van der Waals surface area contributed by atoms with Gasteiger partial charge in [-0.1, -0.05) is 13.8 Å². The molecular weight excluding hydrogens is 216 g/mol. The van der Waals surface area contributed by atoms with Crippen LogP contribution in [0.15, 0.2) is 6.07 Å². The summed E-state index contributed by atoms with van der Waals surface area (Å²) < 4.78 is 0. The Kier molecular flexibility index (Phi) is 3.78. The van der Waals surface area contributed by atoms with Gasteiger partial charge < -0.3 is 10.6 Å². The van der Waals surface area contributed by atoms with E-state index in [9.17, 15) is 4.79 Å². The van der Waals surface area contributed by atoms with Gasteiger partial charge in [0, 0.05) is 18.3 Å². The van der Waals surface area contributed by atoms with Crippen molar-refractivity contribution in [1.82, 2.24) is 15.5 Å². The number of hydrogen-bond donors (Lipinski definition) is 3. The molecule has 1 fully saturated rings. The number of amides is 1. The topological polar surface area (TPSA) is 69.8 Å². The van der Waals surface area contributed by atoms with Gasteiger partial charge in [-0.3, -0.25) is 9.89 Å². The largest absolute Gasteiger partial charge is 0.316 e. The number of nitrogens with zero attached hydrogens (tertiary/aromatic N) is 1. The molecule has 1 aromatic heterocycles. The fraction of sp³-hybridized carbons (Fsp3) is 0.667. The van der Waals surface area contributed by atoms with Gasteiger partial charge in [0.1, 0.15) is 0 Å². The minimum Gasteiger partial charge on any atom is -0.316 e. The van der Waals surface area contributed by atoms with Crippen molar-refractivity contribution in [2.24, 2.45) is 5.92 Å². The van der Waals surface area contributed by atoms with Gasteiger partial charge in [-0.05, 0) is 25.3 Å². The Balaban J connectivity index is 1.92. The van der Waals surface area contributed by atoms with Crippen LogP contribution in [-0.2, 0) is 4.79 Å². The van der Waals surface area contributed by atoms with Gasteiger partial charge in [-0.25, -0.2) is 0 Å². The maximum atomic E-state index is 11.9. The van der Waals surface area contributed by atoms with Gasteiger partial charge in [0.25, 0.3) is 0 Å². The van der Waals surface area contributed by atoms with E-state index in [0.717, 1.165) is 31.6 Å². The van der Waals surface area contributed by atoms with Crippen molar-refractivity contribution in [3.8, 4) is 0 Å². The molecule has 5 heteroatoms. The molecule has 1 aliphatic rings. The fourth-order valence-corrected chi connectivity index (χ4v) is 2.00. The molecule has 2 heterocycles. The molecule has 5 nitrogen and oxygen atoms in total. The molecule has 3 N–H and O–H groups in total. The summed E-state index contributed by atoms with van der Waals surface area (Å²) in [4.78, 5) is 11.9. The molecule has 1 atom stereocenters. The minimum absolute atomic E-state index is 0.0685. The molecular formula is C12H20N4O. The summed E-state index contributed by atoms with van der Waals surface area (Å²) in [6.07, 6.45) is 2.02. The third-order valence-electron chi connectivity index (χ3n) is 3.14. The number of piperidine rings is 1. The molecule has 2 rings (SSSR count). The maximum absolute atomic E-state index is 11.9. The molecule has 94 valence electrons. The first-order valence-corrected chi connectivity index (χ1v) is 6.23. The summed E-state index contributed by atoms with van der Waals surface area (Å²) in [6.45, 7) is 5.96. The van der Waals surface area contributed by atoms with E-state index in [0.29, 0.717) is 11.7 Å². The summed E-state index contributed by atoms with van der Waals surface area (Å²) in [5, 5.41) is 13.1. The van der Waals surface area contributed by atoms with E-state index in [1.54, 1.807) is 0 Å². The van der Waals surface area contributed by atoms with Crippen molar-refractivity contribution in [3.63, 3.8) is 0 Å². The van der Waals surface area contributed by atoms with E-state index in [-0.39, 0.29) is 11.8 Å². The third kappa shape index (κ3) is 3.06. The van der Waals surface area contributed by atoms with Crippen LogP contribution in [0, 0.1) is 5.92 Å². The Hall–Kier alpha value is -1.36. The van der Waals surface area contributed by atoms with E-state index in [1.807, 2.05) is 6.07 Å². The molecule has 0 saturated carbocycles. The highest BCUT2D eigenvalue weighted by molar-refractivity contribution is 5.91. The minimum atomic E-state index is 0.0685. The van der Waals surface area contributed by atoms with Crippen molar-refractivity contribution >= 4 is 11.7 Å². The lowest BCUT2D eigenvalue weighted by Gasteiger charge is -2.21. The smallest absolute Gasteiger partial charge is 0.229 e. The van der Waals surface area contributed by atoms with E-state index < -0.39 is 0 Å². The SMILES string of the molecule is CC(C)c1cc(NC(=O)[C@@H]2CCCNC2)n[nH]1. The van der Waals surface area contributed by atoms with Crippen LogP contribution in [0.25, 0.3) is 0 Å². The number of nitrogens with one attached hydrogen (secondary N) is 3. The summed E-state index contributed by atoms with van der Waals surface area (Å²) in [6, 6.07) is 1.90. The highest BCUT2D eigenvalue weighted by Crippen LogP contribution is 2.17. The van der Waals surface area contributed by atoms with Crippen molar-refractivity contribution in [2.45, 2.75) is 32.6 Å². The maximum Gasteiger partial charge on any atom is 0.229 e. The quantitative estimate of drug-likeness (QED) is 0.744. The lowest BCUT2D eigenvalue weighted by molar-refractivity contribution is -0.120. The van der Waals surface area contributed by atoms with Gasteiger partial charge in [0.05, 0.1) is 5.92 Å². The number of aromatic amines is 1. The normalized spacial score (nSPS) is 20.5. The molecule has 0 unspecified atom stereocenters. The Morgan fingerprint density at radius 2 is 2.41 bits per heavy atom. The van der Waals surface area contributed by atoms with Crippen LogP contribution in [0.3, 0.4) is 0 Å². The number of rotatable bonds is 3. The van der Waals surface area contributed by atoms with E-state index in [2.05, 4.69) is 34.7 Å². The highest BCUT2D eigenvalue weighted by Gasteiger charge is 2.21. The Morgan fingerprint density at radius 1 is 1.59 bits per heavy atom. The predicted octanol–water partition coefficient (Wildman–Crippen LogP) is 1.47. The molecule has 1 aliphatic heterocycles. The molecule has 0 spiro atoms. The number of carbonyl (C=O) groups excluding carboxylic acids is 1.